The molecule has 1 aromatic carbocycles. The highest BCUT2D eigenvalue weighted by Gasteiger charge is 2.17. The molecule has 0 saturated carbocycles. The number of nitrogens with two attached hydrogens (primary N) is 1. The largest absolute Gasteiger partial charge is 0.318 e. The third-order valence-electron chi connectivity index (χ3n) is 3.14. The summed E-state index contributed by atoms with van der Waals surface area (Å²) in [6, 6.07) is 5.03. The van der Waals surface area contributed by atoms with Gasteiger partial charge < -0.3 is 5.43 Å². The Hall–Kier alpha value is -1.66. The summed E-state index contributed by atoms with van der Waals surface area (Å²) in [6.07, 6.45) is 2.25. The van der Waals surface area contributed by atoms with Crippen molar-refractivity contribution in [3.8, 4) is 0 Å². The molecule has 1 rings (SSSR count). The molecule has 0 fully saturated rings. The zero-order valence-corrected chi connectivity index (χ0v) is 11.6. The molecule has 6 heteroatoms. The normalized spacial score (nSPS) is 10.7. The highest BCUT2D eigenvalue weighted by molar-refractivity contribution is 5.65. The minimum Gasteiger partial charge on any atom is -0.318 e. The van der Waals surface area contributed by atoms with Crippen LogP contribution in [0.15, 0.2) is 18.2 Å². The van der Waals surface area contributed by atoms with Crippen LogP contribution >= 0.6 is 0 Å². The van der Waals surface area contributed by atoms with Crippen LogP contribution in [0, 0.1) is 10.1 Å². The number of anilines is 1. The van der Waals surface area contributed by atoms with Crippen molar-refractivity contribution in [3.63, 3.8) is 0 Å². The second kappa shape index (κ2) is 7.70. The van der Waals surface area contributed by atoms with Crippen molar-refractivity contribution in [1.29, 1.82) is 0 Å². The van der Waals surface area contributed by atoms with Gasteiger partial charge in [-0.2, -0.15) is 0 Å². The Kier molecular flexibility index (Phi) is 6.24. The lowest BCUT2D eigenvalue weighted by Gasteiger charge is -2.21. The van der Waals surface area contributed by atoms with Gasteiger partial charge in [0.05, 0.1) is 4.92 Å². The summed E-state index contributed by atoms with van der Waals surface area (Å²) >= 11 is 0. The standard InChI is InChI=1S/C13H22N4O2/c1-3-5-9-16(4-2)10-11-7-6-8-12(17(18)19)13(11)15-14/h6-8,15H,3-5,9-10,14H2,1-2H3. The topological polar surface area (TPSA) is 84.4 Å². The van der Waals surface area contributed by atoms with Crippen LogP contribution in [0.1, 0.15) is 32.3 Å². The smallest absolute Gasteiger partial charge is 0.293 e. The van der Waals surface area contributed by atoms with Gasteiger partial charge in [0.1, 0.15) is 5.69 Å². The molecule has 0 amide bonds. The maximum atomic E-state index is 11.0. The third kappa shape index (κ3) is 4.18. The van der Waals surface area contributed by atoms with Crippen molar-refractivity contribution in [2.24, 2.45) is 5.84 Å². The van der Waals surface area contributed by atoms with Crippen molar-refractivity contribution in [2.45, 2.75) is 33.2 Å². The van der Waals surface area contributed by atoms with E-state index in [0.717, 1.165) is 31.5 Å². The van der Waals surface area contributed by atoms with E-state index in [1.54, 1.807) is 6.07 Å². The summed E-state index contributed by atoms with van der Waals surface area (Å²) in [5, 5.41) is 11.0. The van der Waals surface area contributed by atoms with Gasteiger partial charge >= 0.3 is 0 Å². The Balaban J connectivity index is 2.93. The average Bonchev–Trinajstić information content (AvgIpc) is 2.42. The number of para-hydroxylation sites is 1. The van der Waals surface area contributed by atoms with Crippen LogP contribution in [0.3, 0.4) is 0 Å². The fraction of sp³-hybridized carbons (Fsp3) is 0.538. The lowest BCUT2D eigenvalue weighted by atomic mass is 10.1. The first-order chi connectivity index (χ1) is 9.13. The highest BCUT2D eigenvalue weighted by Crippen LogP contribution is 2.28. The Morgan fingerprint density at radius 2 is 2.16 bits per heavy atom. The predicted molar refractivity (Wildman–Crippen MR) is 76.8 cm³/mol. The molecule has 0 radical (unpaired) electrons. The number of hydrogen-bond acceptors (Lipinski definition) is 5. The molecule has 0 aliphatic heterocycles. The second-order valence-electron chi connectivity index (χ2n) is 4.44. The van der Waals surface area contributed by atoms with Crippen LogP contribution in [0.5, 0.6) is 0 Å². The van der Waals surface area contributed by atoms with Gasteiger partial charge in [-0.05, 0) is 25.1 Å². The van der Waals surface area contributed by atoms with Crippen molar-refractivity contribution < 1.29 is 4.92 Å². The zero-order chi connectivity index (χ0) is 14.3. The van der Waals surface area contributed by atoms with Crippen LogP contribution in [0.4, 0.5) is 11.4 Å². The first kappa shape index (κ1) is 15.4. The maximum absolute atomic E-state index is 11.0. The van der Waals surface area contributed by atoms with E-state index in [-0.39, 0.29) is 5.69 Å². The van der Waals surface area contributed by atoms with Crippen LogP contribution in [0.2, 0.25) is 0 Å². The molecule has 0 aliphatic carbocycles. The molecular weight excluding hydrogens is 244 g/mol. The molecule has 0 aromatic heterocycles. The minimum atomic E-state index is -0.416. The Bertz CT molecular complexity index is 423. The van der Waals surface area contributed by atoms with E-state index in [0.29, 0.717) is 12.2 Å². The summed E-state index contributed by atoms with van der Waals surface area (Å²) in [4.78, 5) is 12.8. The monoisotopic (exact) mass is 266 g/mol. The SMILES string of the molecule is CCCCN(CC)Cc1cccc([N+](=O)[O-])c1NN. The third-order valence-corrected chi connectivity index (χ3v) is 3.14. The Morgan fingerprint density at radius 3 is 2.68 bits per heavy atom. The van der Waals surface area contributed by atoms with E-state index in [9.17, 15) is 10.1 Å². The van der Waals surface area contributed by atoms with Gasteiger partial charge in [-0.15, -0.1) is 0 Å². The maximum Gasteiger partial charge on any atom is 0.293 e. The quantitative estimate of drug-likeness (QED) is 0.429. The van der Waals surface area contributed by atoms with Gasteiger partial charge in [-0.1, -0.05) is 32.4 Å². The molecule has 0 spiro atoms. The number of nitrogens with zero attached hydrogens (tertiary/aromatic N) is 2. The molecule has 0 atom stereocenters. The zero-order valence-electron chi connectivity index (χ0n) is 11.6. The molecule has 0 aliphatic rings. The van der Waals surface area contributed by atoms with E-state index in [2.05, 4.69) is 24.2 Å². The fourth-order valence-corrected chi connectivity index (χ4v) is 2.01. The number of nitrogens with one attached hydrogen (secondary N) is 1. The van der Waals surface area contributed by atoms with Gasteiger partial charge in [0.25, 0.3) is 5.69 Å². The van der Waals surface area contributed by atoms with Crippen LogP contribution < -0.4 is 11.3 Å². The molecule has 19 heavy (non-hydrogen) atoms. The van der Waals surface area contributed by atoms with Crippen LogP contribution in [-0.2, 0) is 6.54 Å². The molecule has 106 valence electrons. The van der Waals surface area contributed by atoms with Crippen molar-refractivity contribution >= 4 is 11.4 Å². The molecule has 3 N–H and O–H groups in total. The molecule has 0 bridgehead atoms. The summed E-state index contributed by atoms with van der Waals surface area (Å²) in [5.41, 5.74) is 3.74. The van der Waals surface area contributed by atoms with Crippen LogP contribution in [-0.4, -0.2) is 22.9 Å². The van der Waals surface area contributed by atoms with Gasteiger partial charge in [0, 0.05) is 12.6 Å². The number of hydrazine groups is 1. The molecule has 0 saturated heterocycles. The summed E-state index contributed by atoms with van der Waals surface area (Å²) in [5.74, 6) is 5.43. The number of unbranched alkanes of at least 4 members (excludes halogenated alkanes) is 1. The minimum absolute atomic E-state index is 0.0199. The van der Waals surface area contributed by atoms with Gasteiger partial charge in [0.15, 0.2) is 0 Å². The molecule has 6 nitrogen and oxygen atoms in total. The van der Waals surface area contributed by atoms with Gasteiger partial charge in [0.2, 0.25) is 0 Å². The van der Waals surface area contributed by atoms with Gasteiger partial charge in [-0.3, -0.25) is 20.9 Å². The number of nitro benzene ring substituents is 1. The van der Waals surface area contributed by atoms with E-state index in [1.165, 1.54) is 6.07 Å². The lowest BCUT2D eigenvalue weighted by Crippen LogP contribution is -2.25. The van der Waals surface area contributed by atoms with E-state index < -0.39 is 4.92 Å². The molecular formula is C13H22N4O2. The van der Waals surface area contributed by atoms with Crippen molar-refractivity contribution in [1.82, 2.24) is 4.90 Å². The highest BCUT2D eigenvalue weighted by atomic mass is 16.6. The predicted octanol–water partition coefficient (Wildman–Crippen LogP) is 2.50. The van der Waals surface area contributed by atoms with Crippen molar-refractivity contribution in [2.75, 3.05) is 18.5 Å². The Labute approximate surface area is 113 Å². The average molecular weight is 266 g/mol. The van der Waals surface area contributed by atoms with E-state index in [4.69, 9.17) is 5.84 Å². The van der Waals surface area contributed by atoms with Crippen molar-refractivity contribution in [3.05, 3.63) is 33.9 Å². The summed E-state index contributed by atoms with van der Waals surface area (Å²) < 4.78 is 0. The number of nitrogen functional groups attached to an aromatic ring is 1. The van der Waals surface area contributed by atoms with E-state index >= 15 is 0 Å². The summed E-state index contributed by atoms with van der Waals surface area (Å²) in [6.45, 7) is 6.79. The van der Waals surface area contributed by atoms with Crippen LogP contribution in [0.25, 0.3) is 0 Å². The van der Waals surface area contributed by atoms with E-state index in [1.807, 2.05) is 6.07 Å². The lowest BCUT2D eigenvalue weighted by molar-refractivity contribution is -0.384. The summed E-state index contributed by atoms with van der Waals surface area (Å²) in [7, 11) is 0. The number of benzene rings is 1. The molecule has 0 unspecified atom stereocenters. The fourth-order valence-electron chi connectivity index (χ4n) is 2.01. The number of nitro groups is 1. The second-order valence-corrected chi connectivity index (χ2v) is 4.44. The molecule has 1 aromatic rings. The van der Waals surface area contributed by atoms with Gasteiger partial charge in [-0.25, -0.2) is 0 Å². The molecule has 0 heterocycles. The Morgan fingerprint density at radius 1 is 1.42 bits per heavy atom. The number of rotatable bonds is 8. The first-order valence-corrected chi connectivity index (χ1v) is 6.59. The number of hydrogen-bond donors (Lipinski definition) is 2. The first-order valence-electron chi connectivity index (χ1n) is 6.59.